The number of benzene rings is 1. The van der Waals surface area contributed by atoms with Crippen molar-refractivity contribution in [3.8, 4) is 0 Å². The van der Waals surface area contributed by atoms with Gasteiger partial charge in [0.15, 0.2) is 0 Å². The normalized spacial score (nSPS) is 9.77. The lowest BCUT2D eigenvalue weighted by molar-refractivity contribution is -0.384. The summed E-state index contributed by atoms with van der Waals surface area (Å²) in [4.78, 5) is 9.96. The van der Waals surface area contributed by atoms with Gasteiger partial charge in [0, 0.05) is 7.05 Å². The maximum atomic E-state index is 12.9. The van der Waals surface area contributed by atoms with Crippen molar-refractivity contribution in [3.63, 3.8) is 0 Å². The minimum absolute atomic E-state index is 0.0526. The maximum absolute atomic E-state index is 12.9. The second kappa shape index (κ2) is 3.38. The number of nitrogens with one attached hydrogen (secondary N) is 1. The molecule has 5 heteroatoms. The van der Waals surface area contributed by atoms with Crippen LogP contribution in [-0.2, 0) is 0 Å². The molecular formula is C8H9FN2O2. The Labute approximate surface area is 74.5 Å². The minimum Gasteiger partial charge on any atom is -0.383 e. The van der Waals surface area contributed by atoms with Crippen molar-refractivity contribution in [2.24, 2.45) is 0 Å². The Morgan fingerprint density at radius 1 is 1.54 bits per heavy atom. The van der Waals surface area contributed by atoms with Gasteiger partial charge in [-0.15, -0.1) is 0 Å². The fourth-order valence-corrected chi connectivity index (χ4v) is 1.11. The van der Waals surface area contributed by atoms with Gasteiger partial charge in [0.05, 0.1) is 10.5 Å². The van der Waals surface area contributed by atoms with Gasteiger partial charge in [-0.2, -0.15) is 0 Å². The predicted molar refractivity (Wildman–Crippen MR) is 47.3 cm³/mol. The highest BCUT2D eigenvalue weighted by molar-refractivity contribution is 5.64. The smallest absolute Gasteiger partial charge is 0.298 e. The van der Waals surface area contributed by atoms with Crippen LogP contribution in [0.3, 0.4) is 0 Å². The van der Waals surface area contributed by atoms with E-state index in [1.807, 2.05) is 0 Å². The van der Waals surface area contributed by atoms with E-state index < -0.39 is 10.7 Å². The first-order chi connectivity index (χ1) is 6.07. The van der Waals surface area contributed by atoms with Crippen molar-refractivity contribution in [1.29, 1.82) is 0 Å². The molecular weight excluding hydrogens is 175 g/mol. The highest BCUT2D eigenvalue weighted by atomic mass is 19.1. The standard InChI is InChI=1S/C8H9FN2O2/c1-5-6(9)3-4-7(10-2)8(5)11(12)13/h3-4,10H,1-2H3. The van der Waals surface area contributed by atoms with E-state index in [0.717, 1.165) is 0 Å². The zero-order chi connectivity index (χ0) is 10.0. The van der Waals surface area contributed by atoms with E-state index >= 15 is 0 Å². The molecule has 0 saturated carbocycles. The van der Waals surface area contributed by atoms with Gasteiger partial charge in [0.2, 0.25) is 0 Å². The molecule has 70 valence electrons. The Hall–Kier alpha value is -1.65. The quantitative estimate of drug-likeness (QED) is 0.565. The van der Waals surface area contributed by atoms with Gasteiger partial charge in [0.1, 0.15) is 11.5 Å². The summed E-state index contributed by atoms with van der Waals surface area (Å²) in [6.45, 7) is 1.38. The minimum atomic E-state index is -0.593. The molecule has 0 heterocycles. The van der Waals surface area contributed by atoms with Crippen LogP contribution in [0.15, 0.2) is 12.1 Å². The number of nitrogens with zero attached hydrogens (tertiary/aromatic N) is 1. The zero-order valence-electron chi connectivity index (χ0n) is 7.30. The molecule has 0 aliphatic heterocycles. The van der Waals surface area contributed by atoms with Crippen molar-refractivity contribution in [1.82, 2.24) is 0 Å². The Kier molecular flexibility index (Phi) is 2.46. The average Bonchev–Trinajstić information content (AvgIpc) is 2.08. The molecule has 0 aliphatic carbocycles. The van der Waals surface area contributed by atoms with Crippen molar-refractivity contribution >= 4 is 11.4 Å². The second-order valence-corrected chi connectivity index (χ2v) is 2.58. The van der Waals surface area contributed by atoms with E-state index in [9.17, 15) is 14.5 Å². The van der Waals surface area contributed by atoms with Crippen molar-refractivity contribution in [3.05, 3.63) is 33.6 Å². The summed E-state index contributed by atoms with van der Waals surface area (Å²) >= 11 is 0. The van der Waals surface area contributed by atoms with Gasteiger partial charge in [-0.3, -0.25) is 10.1 Å². The highest BCUT2D eigenvalue weighted by Gasteiger charge is 2.19. The summed E-state index contributed by atoms with van der Waals surface area (Å²) < 4.78 is 12.9. The molecule has 0 atom stereocenters. The number of anilines is 1. The predicted octanol–water partition coefficient (Wildman–Crippen LogP) is 2.08. The fourth-order valence-electron chi connectivity index (χ4n) is 1.11. The Morgan fingerprint density at radius 2 is 2.15 bits per heavy atom. The van der Waals surface area contributed by atoms with E-state index in [4.69, 9.17) is 0 Å². The number of nitro groups is 1. The molecule has 0 spiro atoms. The van der Waals surface area contributed by atoms with Gasteiger partial charge in [-0.05, 0) is 19.1 Å². The maximum Gasteiger partial charge on any atom is 0.298 e. The molecule has 0 unspecified atom stereocenters. The summed E-state index contributed by atoms with van der Waals surface area (Å²) in [6.07, 6.45) is 0. The Balaban J connectivity index is 3.41. The first-order valence-corrected chi connectivity index (χ1v) is 3.69. The zero-order valence-corrected chi connectivity index (χ0v) is 7.30. The van der Waals surface area contributed by atoms with Gasteiger partial charge >= 0.3 is 0 Å². The van der Waals surface area contributed by atoms with Crippen LogP contribution >= 0.6 is 0 Å². The van der Waals surface area contributed by atoms with Gasteiger partial charge in [-0.1, -0.05) is 0 Å². The summed E-state index contributed by atoms with van der Waals surface area (Å²) in [5.41, 5.74) is 0.170. The van der Waals surface area contributed by atoms with E-state index in [1.54, 1.807) is 7.05 Å². The van der Waals surface area contributed by atoms with E-state index in [1.165, 1.54) is 19.1 Å². The largest absolute Gasteiger partial charge is 0.383 e. The van der Waals surface area contributed by atoms with Crippen LogP contribution in [0.25, 0.3) is 0 Å². The molecule has 0 aliphatic rings. The van der Waals surface area contributed by atoms with E-state index in [2.05, 4.69) is 5.32 Å². The van der Waals surface area contributed by atoms with Gasteiger partial charge in [-0.25, -0.2) is 4.39 Å². The molecule has 1 N–H and O–H groups in total. The molecule has 4 nitrogen and oxygen atoms in total. The van der Waals surface area contributed by atoms with Crippen LogP contribution in [0.4, 0.5) is 15.8 Å². The van der Waals surface area contributed by atoms with Crippen LogP contribution in [0.1, 0.15) is 5.56 Å². The molecule has 0 aromatic heterocycles. The molecule has 0 bridgehead atoms. The van der Waals surface area contributed by atoms with Crippen LogP contribution in [0.2, 0.25) is 0 Å². The lowest BCUT2D eigenvalue weighted by atomic mass is 10.1. The third-order valence-electron chi connectivity index (χ3n) is 1.82. The molecule has 0 fully saturated rings. The molecule has 1 aromatic rings. The molecule has 1 aromatic carbocycles. The third-order valence-corrected chi connectivity index (χ3v) is 1.82. The number of nitro benzene ring substituents is 1. The number of hydrogen-bond acceptors (Lipinski definition) is 3. The molecule has 1 rings (SSSR count). The SMILES string of the molecule is CNc1ccc(F)c(C)c1[N+](=O)[O-]. The van der Waals surface area contributed by atoms with Crippen LogP contribution in [0, 0.1) is 22.9 Å². The summed E-state index contributed by atoms with van der Waals surface area (Å²) in [7, 11) is 1.56. The van der Waals surface area contributed by atoms with E-state index in [0.29, 0.717) is 5.69 Å². The number of halogens is 1. The monoisotopic (exact) mass is 184 g/mol. The summed E-state index contributed by atoms with van der Waals surface area (Å²) in [5, 5.41) is 13.2. The Morgan fingerprint density at radius 3 is 2.62 bits per heavy atom. The van der Waals surface area contributed by atoms with Crippen molar-refractivity contribution in [2.75, 3.05) is 12.4 Å². The summed E-state index contributed by atoms with van der Waals surface area (Å²) in [5.74, 6) is -0.564. The molecule has 0 amide bonds. The lowest BCUT2D eigenvalue weighted by Crippen LogP contribution is -2.00. The number of rotatable bonds is 2. The first-order valence-electron chi connectivity index (χ1n) is 3.69. The average molecular weight is 184 g/mol. The van der Waals surface area contributed by atoms with Crippen LogP contribution < -0.4 is 5.32 Å². The van der Waals surface area contributed by atoms with Crippen molar-refractivity contribution in [2.45, 2.75) is 6.92 Å². The number of hydrogen-bond donors (Lipinski definition) is 1. The summed E-state index contributed by atoms with van der Waals surface area (Å²) in [6, 6.07) is 2.55. The molecule has 0 radical (unpaired) electrons. The first kappa shape index (κ1) is 9.44. The van der Waals surface area contributed by atoms with Crippen molar-refractivity contribution < 1.29 is 9.31 Å². The van der Waals surface area contributed by atoms with Gasteiger partial charge < -0.3 is 5.32 Å². The topological polar surface area (TPSA) is 55.2 Å². The lowest BCUT2D eigenvalue weighted by Gasteiger charge is -2.04. The van der Waals surface area contributed by atoms with Crippen LogP contribution in [0.5, 0.6) is 0 Å². The highest BCUT2D eigenvalue weighted by Crippen LogP contribution is 2.29. The Bertz CT molecular complexity index is 352. The third kappa shape index (κ3) is 1.58. The van der Waals surface area contributed by atoms with Gasteiger partial charge in [0.25, 0.3) is 5.69 Å². The van der Waals surface area contributed by atoms with E-state index in [-0.39, 0.29) is 11.3 Å². The molecule has 13 heavy (non-hydrogen) atoms. The van der Waals surface area contributed by atoms with Crippen LogP contribution in [-0.4, -0.2) is 12.0 Å². The fraction of sp³-hybridized carbons (Fsp3) is 0.250. The second-order valence-electron chi connectivity index (χ2n) is 2.58. The molecule has 0 saturated heterocycles.